The molecule has 9 atom stereocenters. The summed E-state index contributed by atoms with van der Waals surface area (Å²) in [5.41, 5.74) is 3.72. The van der Waals surface area contributed by atoms with Crippen molar-refractivity contribution in [3.63, 3.8) is 0 Å². The molecule has 6 saturated carbocycles. The third-order valence-electron chi connectivity index (χ3n) is 7.73. The molecule has 7 rings (SSSR count). The average molecular weight is 466 g/mol. The van der Waals surface area contributed by atoms with Crippen LogP contribution in [0, 0.1) is 67.6 Å². The van der Waals surface area contributed by atoms with E-state index in [4.69, 9.17) is 0 Å². The highest BCUT2D eigenvalue weighted by Gasteiger charge is 2.82. The van der Waals surface area contributed by atoms with Crippen LogP contribution in [0.5, 0.6) is 0 Å². The highest BCUT2D eigenvalue weighted by Crippen LogP contribution is 2.82. The second-order valence-electron chi connectivity index (χ2n) is 8.23. The topological polar surface area (TPSA) is 111 Å². The Labute approximate surface area is 161 Å². The molecule has 6 bridgehead atoms. The molecule has 0 unspecified atom stereocenters. The van der Waals surface area contributed by atoms with Gasteiger partial charge in [0.05, 0.1) is 15.9 Å². The Morgan fingerprint density at radius 3 is 2.50 bits per heavy atom. The summed E-state index contributed by atoms with van der Waals surface area (Å²) < 4.78 is 0.758. The predicted octanol–water partition coefficient (Wildman–Crippen LogP) is 3.46. The molecule has 6 aliphatic rings. The van der Waals surface area contributed by atoms with E-state index in [0.717, 1.165) is 45.5 Å². The highest BCUT2D eigenvalue weighted by atomic mass is 127. The lowest BCUT2D eigenvalue weighted by molar-refractivity contribution is -0.393. The number of nitro benzene ring substituents is 2. The molecule has 0 aromatic heterocycles. The van der Waals surface area contributed by atoms with Gasteiger partial charge in [0.25, 0.3) is 5.69 Å². The number of rotatable bonds is 4. The first kappa shape index (κ1) is 15.3. The van der Waals surface area contributed by atoms with Crippen LogP contribution in [0.1, 0.15) is 6.42 Å². The predicted molar refractivity (Wildman–Crippen MR) is 101 cm³/mol. The van der Waals surface area contributed by atoms with Crippen molar-refractivity contribution in [3.8, 4) is 0 Å². The van der Waals surface area contributed by atoms with Gasteiger partial charge < -0.3 is 0 Å². The Bertz CT molecular complexity index is 918. The summed E-state index contributed by atoms with van der Waals surface area (Å²) in [4.78, 5) is 20.9. The fourth-order valence-electron chi connectivity index (χ4n) is 7.38. The summed E-state index contributed by atoms with van der Waals surface area (Å²) >= 11 is 2.65. The van der Waals surface area contributed by atoms with E-state index in [1.165, 1.54) is 24.3 Å². The largest absolute Gasteiger partial charge is 0.301 e. The lowest BCUT2D eigenvalue weighted by Crippen LogP contribution is -2.30. The SMILES string of the molecule is O=[N+]([O-])c1ccc(N/N=C2\[C@H]3[C@H]4[C@H]5C[C@H]6[C@H]4[C@H](I)[C@@H]3[C@@H]6[C@@H]25)c([N+](=O)[O-])c1. The van der Waals surface area contributed by atoms with Gasteiger partial charge in [-0.25, -0.2) is 0 Å². The van der Waals surface area contributed by atoms with Crippen molar-refractivity contribution in [2.45, 2.75) is 10.3 Å². The number of anilines is 1. The van der Waals surface area contributed by atoms with E-state index in [-0.39, 0.29) is 17.1 Å². The Morgan fingerprint density at radius 1 is 1.04 bits per heavy atom. The first-order valence-corrected chi connectivity index (χ1v) is 10.1. The van der Waals surface area contributed by atoms with Gasteiger partial charge in [-0.3, -0.25) is 25.7 Å². The molecule has 8 nitrogen and oxygen atoms in total. The number of non-ortho nitro benzene ring substituents is 1. The van der Waals surface area contributed by atoms with E-state index in [1.54, 1.807) is 0 Å². The minimum absolute atomic E-state index is 0.220. The molecular weight excluding hydrogens is 451 g/mol. The van der Waals surface area contributed by atoms with E-state index < -0.39 is 9.85 Å². The number of nitro groups is 2. The number of nitrogens with zero attached hydrogens (tertiary/aromatic N) is 3. The summed E-state index contributed by atoms with van der Waals surface area (Å²) in [6.07, 6.45) is 1.34. The smallest absolute Gasteiger partial charge is 0.272 e. The van der Waals surface area contributed by atoms with E-state index in [9.17, 15) is 20.2 Å². The molecule has 6 fully saturated rings. The van der Waals surface area contributed by atoms with Crippen molar-refractivity contribution in [2.75, 3.05) is 5.43 Å². The zero-order chi connectivity index (χ0) is 17.9. The minimum Gasteiger partial charge on any atom is -0.272 e. The van der Waals surface area contributed by atoms with Crippen LogP contribution in [0.2, 0.25) is 0 Å². The zero-order valence-corrected chi connectivity index (χ0v) is 15.6. The number of halogens is 1. The van der Waals surface area contributed by atoms with Crippen LogP contribution >= 0.6 is 22.6 Å². The molecule has 0 heterocycles. The molecule has 1 aromatic carbocycles. The molecule has 1 aromatic rings. The molecular formula is C17H15IN4O4. The second-order valence-corrected chi connectivity index (χ2v) is 9.67. The quantitative estimate of drug-likeness (QED) is 0.316. The van der Waals surface area contributed by atoms with Gasteiger partial charge in [-0.05, 0) is 48.0 Å². The summed E-state index contributed by atoms with van der Waals surface area (Å²) in [6.45, 7) is 0. The van der Waals surface area contributed by atoms with Crippen LogP contribution in [0.3, 0.4) is 0 Å². The van der Waals surface area contributed by atoms with Crippen molar-refractivity contribution < 1.29 is 9.85 Å². The molecule has 1 N–H and O–H groups in total. The molecule has 0 saturated heterocycles. The van der Waals surface area contributed by atoms with Gasteiger partial charge >= 0.3 is 5.69 Å². The standard InChI is InChI=1S/C17H15IN4O4/c18-16-12-6-4-7-10(12)15-14(16)11(6)13(7)17(15)20-19-8-2-1-5(21(23)24)3-9(8)22(25)26/h1-3,6-7,10-16,19H,4H2/b20-17-/t6-,7-,10+,11+,12-,13+,14-,15+,16+/m1/s1. The normalized spacial score (nSPS) is 46.8. The summed E-state index contributed by atoms with van der Waals surface area (Å²) in [5, 5.41) is 26.8. The van der Waals surface area contributed by atoms with Gasteiger partial charge in [0.2, 0.25) is 0 Å². The molecule has 0 amide bonds. The van der Waals surface area contributed by atoms with E-state index in [0.29, 0.717) is 11.8 Å². The fraction of sp³-hybridized carbons (Fsp3) is 0.588. The van der Waals surface area contributed by atoms with Crippen molar-refractivity contribution in [2.24, 2.45) is 52.4 Å². The van der Waals surface area contributed by atoms with Gasteiger partial charge in [0, 0.05) is 27.5 Å². The Hall–Kier alpha value is -1.78. The van der Waals surface area contributed by atoms with Gasteiger partial charge in [-0.1, -0.05) is 22.6 Å². The van der Waals surface area contributed by atoms with Gasteiger partial charge in [-0.15, -0.1) is 0 Å². The molecule has 0 spiro atoms. The maximum absolute atomic E-state index is 11.3. The Kier molecular flexibility index (Phi) is 2.78. The number of nitrogens with one attached hydrogen (secondary N) is 1. The van der Waals surface area contributed by atoms with Crippen LogP contribution in [-0.2, 0) is 0 Å². The van der Waals surface area contributed by atoms with Crippen molar-refractivity contribution in [3.05, 3.63) is 38.4 Å². The van der Waals surface area contributed by atoms with Crippen molar-refractivity contribution in [1.82, 2.24) is 0 Å². The molecule has 9 heteroatoms. The Morgan fingerprint density at radius 2 is 1.81 bits per heavy atom. The van der Waals surface area contributed by atoms with E-state index >= 15 is 0 Å². The number of hydrogen-bond acceptors (Lipinski definition) is 6. The van der Waals surface area contributed by atoms with E-state index in [2.05, 4.69) is 33.1 Å². The van der Waals surface area contributed by atoms with Crippen LogP contribution in [-0.4, -0.2) is 19.5 Å². The Balaban J connectivity index is 1.35. The van der Waals surface area contributed by atoms with Crippen LogP contribution in [0.15, 0.2) is 23.3 Å². The molecule has 0 radical (unpaired) electrons. The first-order chi connectivity index (χ1) is 12.5. The van der Waals surface area contributed by atoms with Crippen molar-refractivity contribution in [1.29, 1.82) is 0 Å². The lowest BCUT2D eigenvalue weighted by Gasteiger charge is -2.32. The van der Waals surface area contributed by atoms with Gasteiger partial charge in [0.15, 0.2) is 0 Å². The van der Waals surface area contributed by atoms with Crippen molar-refractivity contribution >= 4 is 45.4 Å². The summed E-state index contributed by atoms with van der Waals surface area (Å²) in [6, 6.07) is 3.65. The molecule has 134 valence electrons. The molecule has 26 heavy (non-hydrogen) atoms. The van der Waals surface area contributed by atoms with Crippen LogP contribution < -0.4 is 5.43 Å². The maximum Gasteiger partial charge on any atom is 0.301 e. The second kappa shape index (κ2) is 4.73. The minimum atomic E-state index is -0.626. The van der Waals surface area contributed by atoms with E-state index in [1.807, 2.05) is 0 Å². The first-order valence-electron chi connectivity index (χ1n) is 8.89. The molecule has 6 aliphatic carbocycles. The third-order valence-corrected chi connectivity index (χ3v) is 9.40. The maximum atomic E-state index is 11.3. The van der Waals surface area contributed by atoms with Crippen LogP contribution in [0.25, 0.3) is 0 Å². The zero-order valence-electron chi connectivity index (χ0n) is 13.5. The summed E-state index contributed by atoms with van der Waals surface area (Å²) in [5.74, 6) is 5.89. The third kappa shape index (κ3) is 1.55. The number of benzene rings is 1. The number of hydrogen-bond donors (Lipinski definition) is 1. The van der Waals surface area contributed by atoms with Gasteiger partial charge in [0.1, 0.15) is 5.69 Å². The number of hydrazone groups is 1. The average Bonchev–Trinajstić information content (AvgIpc) is 3.35. The van der Waals surface area contributed by atoms with Crippen LogP contribution in [0.4, 0.5) is 17.1 Å². The fourth-order valence-corrected chi connectivity index (χ4v) is 9.32. The number of alkyl halides is 1. The monoisotopic (exact) mass is 466 g/mol. The van der Waals surface area contributed by atoms with Gasteiger partial charge in [-0.2, -0.15) is 5.10 Å². The molecule has 0 aliphatic heterocycles. The highest BCUT2D eigenvalue weighted by molar-refractivity contribution is 14.1. The summed E-state index contributed by atoms with van der Waals surface area (Å²) in [7, 11) is 0. The lowest BCUT2D eigenvalue weighted by atomic mass is 9.71.